The van der Waals surface area contributed by atoms with E-state index in [-0.39, 0.29) is 22.3 Å². The summed E-state index contributed by atoms with van der Waals surface area (Å²) in [6, 6.07) is 1.80. The lowest BCUT2D eigenvalue weighted by molar-refractivity contribution is -0.163. The zero-order chi connectivity index (χ0) is 23.0. The molecule has 0 spiro atoms. The third-order valence-corrected chi connectivity index (χ3v) is 11.8. The highest BCUT2D eigenvalue weighted by molar-refractivity contribution is 6.77. The second-order valence-corrected chi connectivity index (χ2v) is 15.3. The number of imide groups is 1. The van der Waals surface area contributed by atoms with Crippen molar-refractivity contribution < 1.29 is 23.1 Å². The number of β-lactam (4-membered cyclic amide) rings is 1. The molecule has 8 heteroatoms. The molecule has 1 fully saturated rings. The van der Waals surface area contributed by atoms with Gasteiger partial charge in [-0.25, -0.2) is 14.1 Å². The van der Waals surface area contributed by atoms with Crippen LogP contribution in [0.2, 0.25) is 16.6 Å². The molecule has 0 N–H and O–H groups in total. The van der Waals surface area contributed by atoms with Crippen molar-refractivity contribution in [2.75, 3.05) is 0 Å². The van der Waals surface area contributed by atoms with Gasteiger partial charge in [-0.05, 0) is 49.5 Å². The average Bonchev–Trinajstić information content (AvgIpc) is 2.58. The van der Waals surface area contributed by atoms with E-state index in [9.17, 15) is 14.0 Å². The van der Waals surface area contributed by atoms with Crippen LogP contribution in [0.4, 0.5) is 9.18 Å². The van der Waals surface area contributed by atoms with Crippen molar-refractivity contribution in [1.82, 2.24) is 9.88 Å². The van der Waals surface area contributed by atoms with Crippen molar-refractivity contribution in [1.29, 1.82) is 0 Å². The predicted molar refractivity (Wildman–Crippen MR) is 116 cm³/mol. The Bertz CT molecular complexity index is 770. The molecular weight excluding hydrogens is 403 g/mol. The van der Waals surface area contributed by atoms with E-state index in [2.05, 4.69) is 46.5 Å². The maximum absolute atomic E-state index is 14.6. The van der Waals surface area contributed by atoms with Gasteiger partial charge in [0.1, 0.15) is 23.2 Å². The predicted octanol–water partition coefficient (Wildman–Crippen LogP) is 5.60. The summed E-state index contributed by atoms with van der Waals surface area (Å²) in [6.07, 6.45) is -0.321. The second-order valence-electron chi connectivity index (χ2n) is 9.86. The molecule has 0 aromatic carbocycles. The van der Waals surface area contributed by atoms with Gasteiger partial charge in [0.25, 0.3) is 5.91 Å². The summed E-state index contributed by atoms with van der Waals surface area (Å²) >= 11 is 0. The van der Waals surface area contributed by atoms with Crippen LogP contribution in [0.5, 0.6) is 0 Å². The number of nitrogens with zero attached hydrogens (tertiary/aromatic N) is 2. The maximum Gasteiger partial charge on any atom is 0.417 e. The van der Waals surface area contributed by atoms with Gasteiger partial charge in [0, 0.05) is 6.20 Å². The van der Waals surface area contributed by atoms with E-state index in [0.717, 1.165) is 4.90 Å². The summed E-state index contributed by atoms with van der Waals surface area (Å²) < 4.78 is 26.7. The number of carbonyl (C=O) groups is 2. The van der Waals surface area contributed by atoms with Gasteiger partial charge in [-0.3, -0.25) is 9.78 Å². The van der Waals surface area contributed by atoms with Gasteiger partial charge in [0.05, 0.1) is 0 Å². The lowest BCUT2D eigenvalue weighted by Crippen LogP contribution is -2.67. The highest BCUT2D eigenvalue weighted by atomic mass is 28.4. The molecule has 2 amide bonds. The number of pyridine rings is 1. The number of rotatable bonds is 6. The number of carbonyl (C=O) groups excluding carboxylic acids is 2. The van der Waals surface area contributed by atoms with Crippen LogP contribution in [0, 0.1) is 5.82 Å². The molecule has 0 bridgehead atoms. The van der Waals surface area contributed by atoms with Gasteiger partial charge in [-0.2, -0.15) is 0 Å². The molecule has 2 rings (SSSR count). The fourth-order valence-corrected chi connectivity index (χ4v) is 10.1. The van der Waals surface area contributed by atoms with E-state index < -0.39 is 43.9 Å². The molecule has 2 unspecified atom stereocenters. The van der Waals surface area contributed by atoms with Gasteiger partial charge >= 0.3 is 6.09 Å². The van der Waals surface area contributed by atoms with Crippen LogP contribution >= 0.6 is 0 Å². The van der Waals surface area contributed by atoms with E-state index in [1.54, 1.807) is 20.8 Å². The van der Waals surface area contributed by atoms with E-state index in [1.165, 1.54) is 18.3 Å². The van der Waals surface area contributed by atoms with Gasteiger partial charge < -0.3 is 9.16 Å². The van der Waals surface area contributed by atoms with Crippen LogP contribution in [0.3, 0.4) is 0 Å². The van der Waals surface area contributed by atoms with Crippen molar-refractivity contribution in [2.45, 2.75) is 96.7 Å². The number of amides is 2. The summed E-state index contributed by atoms with van der Waals surface area (Å²) in [5, 5.41) is 0. The third kappa shape index (κ3) is 4.44. The molecule has 6 nitrogen and oxygen atoms in total. The smallest absolute Gasteiger partial charge is 0.417 e. The molecule has 30 heavy (non-hydrogen) atoms. The summed E-state index contributed by atoms with van der Waals surface area (Å²) in [7, 11) is -2.46. The summed E-state index contributed by atoms with van der Waals surface area (Å²) in [5.41, 5.74) is -0.0736. The Kier molecular flexibility index (Phi) is 7.13. The van der Waals surface area contributed by atoms with Crippen molar-refractivity contribution in [3.63, 3.8) is 0 Å². The molecule has 2 atom stereocenters. The fourth-order valence-electron chi connectivity index (χ4n) is 4.60. The molecule has 1 saturated heterocycles. The summed E-state index contributed by atoms with van der Waals surface area (Å²) in [4.78, 5) is 30.9. The highest BCUT2D eigenvalue weighted by Gasteiger charge is 2.59. The number of halogens is 1. The van der Waals surface area contributed by atoms with Crippen molar-refractivity contribution in [3.8, 4) is 0 Å². The summed E-state index contributed by atoms with van der Waals surface area (Å²) in [5.74, 6) is -1.08. The van der Waals surface area contributed by atoms with Crippen LogP contribution in [0.15, 0.2) is 18.3 Å². The number of likely N-dealkylation sites (tertiary alicyclic amines) is 1. The van der Waals surface area contributed by atoms with Crippen LogP contribution < -0.4 is 0 Å². The molecule has 168 valence electrons. The Balaban J connectivity index is 2.49. The zero-order valence-electron chi connectivity index (χ0n) is 19.5. The molecule has 1 aliphatic heterocycles. The van der Waals surface area contributed by atoms with E-state index in [0.29, 0.717) is 0 Å². The average molecular weight is 439 g/mol. The Morgan fingerprint density at radius 3 is 2.10 bits per heavy atom. The van der Waals surface area contributed by atoms with Gasteiger partial charge in [-0.15, -0.1) is 0 Å². The number of aromatic nitrogens is 1. The Morgan fingerprint density at radius 2 is 1.67 bits per heavy atom. The Labute approximate surface area is 180 Å². The van der Waals surface area contributed by atoms with Crippen LogP contribution in [-0.2, 0) is 14.0 Å². The minimum absolute atomic E-state index is 0.0205. The molecular formula is C22H35FN2O4Si. The van der Waals surface area contributed by atoms with Crippen molar-refractivity contribution >= 4 is 20.3 Å². The Morgan fingerprint density at radius 1 is 1.13 bits per heavy atom. The zero-order valence-corrected chi connectivity index (χ0v) is 20.5. The van der Waals surface area contributed by atoms with Gasteiger partial charge in [0.2, 0.25) is 8.32 Å². The summed E-state index contributed by atoms with van der Waals surface area (Å²) in [6.45, 7) is 17.8. The van der Waals surface area contributed by atoms with Crippen molar-refractivity contribution in [2.24, 2.45) is 0 Å². The fraction of sp³-hybridized carbons (Fsp3) is 0.682. The molecule has 0 aliphatic carbocycles. The first-order valence-electron chi connectivity index (χ1n) is 10.6. The molecule has 0 radical (unpaired) electrons. The number of ether oxygens (including phenoxy) is 1. The molecule has 1 aliphatic rings. The van der Waals surface area contributed by atoms with Crippen molar-refractivity contribution in [3.05, 3.63) is 29.8 Å². The SMILES string of the molecule is CC(C)[Si](OC1C(=O)N(C(=O)OC(C)(C)C)C1c1ncccc1F)(C(C)C)C(C)C. The maximum atomic E-state index is 14.6. The van der Waals surface area contributed by atoms with Crippen LogP contribution in [0.25, 0.3) is 0 Å². The number of hydrogen-bond donors (Lipinski definition) is 0. The topological polar surface area (TPSA) is 68.7 Å². The second kappa shape index (κ2) is 8.75. The minimum atomic E-state index is -2.46. The van der Waals surface area contributed by atoms with Crippen LogP contribution in [0.1, 0.15) is 74.0 Å². The van der Waals surface area contributed by atoms with Crippen LogP contribution in [-0.4, -0.2) is 41.9 Å². The minimum Gasteiger partial charge on any atom is -0.443 e. The normalized spacial score (nSPS) is 20.2. The largest absolute Gasteiger partial charge is 0.443 e. The first kappa shape index (κ1) is 24.5. The van der Waals surface area contributed by atoms with Gasteiger partial charge in [-0.1, -0.05) is 41.5 Å². The standard InChI is InChI=1S/C22H35FN2O4Si/c1-13(2)30(14(3)4,15(5)6)29-19-18(17-16(23)11-10-12-24-17)25(20(19)26)21(27)28-22(7,8)9/h10-15,18-19H,1-9H3. The van der Waals surface area contributed by atoms with E-state index in [4.69, 9.17) is 9.16 Å². The monoisotopic (exact) mass is 438 g/mol. The lowest BCUT2D eigenvalue weighted by Gasteiger charge is -2.51. The third-order valence-electron chi connectivity index (χ3n) is 5.74. The Hall–Kier alpha value is -1.80. The first-order valence-corrected chi connectivity index (χ1v) is 12.7. The molecule has 1 aromatic heterocycles. The molecule has 0 saturated carbocycles. The molecule has 1 aromatic rings. The molecule has 2 heterocycles. The number of hydrogen-bond acceptors (Lipinski definition) is 5. The lowest BCUT2D eigenvalue weighted by atomic mass is 9.94. The van der Waals surface area contributed by atoms with E-state index >= 15 is 0 Å². The first-order chi connectivity index (χ1) is 13.7. The van der Waals surface area contributed by atoms with Gasteiger partial charge in [0.15, 0.2) is 6.10 Å². The highest BCUT2D eigenvalue weighted by Crippen LogP contribution is 2.48. The quantitative estimate of drug-likeness (QED) is 0.427. The van der Waals surface area contributed by atoms with E-state index in [1.807, 2.05) is 0 Å².